The molecule has 0 unspecified atom stereocenters. The Morgan fingerprint density at radius 2 is 2.09 bits per heavy atom. The van der Waals surface area contributed by atoms with Crippen molar-refractivity contribution < 1.29 is 18.0 Å². The largest absolute Gasteiger partial charge is 0.484 e. The zero-order valence-electron chi connectivity index (χ0n) is 11.7. The molecule has 2 aromatic heterocycles. The van der Waals surface area contributed by atoms with Crippen LogP contribution in [-0.2, 0) is 7.05 Å². The normalized spacial score (nSPS) is 14.9. The summed E-state index contributed by atoms with van der Waals surface area (Å²) in [6.45, 7) is 0. The van der Waals surface area contributed by atoms with E-state index in [0.29, 0.717) is 16.8 Å². The molecule has 2 heterocycles. The minimum atomic E-state index is -4.77. The van der Waals surface area contributed by atoms with Crippen molar-refractivity contribution in [3.05, 3.63) is 35.8 Å². The fraction of sp³-hybridized carbons (Fsp3) is 0.357. The highest BCUT2D eigenvalue weighted by atomic mass is 19.4. The van der Waals surface area contributed by atoms with E-state index < -0.39 is 12.2 Å². The molecule has 0 radical (unpaired) electrons. The molecule has 22 heavy (non-hydrogen) atoms. The van der Waals surface area contributed by atoms with Crippen LogP contribution in [0.5, 0.6) is 0 Å². The molecule has 3 rings (SSSR count). The maximum Gasteiger partial charge on any atom is 0.484 e. The van der Waals surface area contributed by atoms with Crippen LogP contribution in [-0.4, -0.2) is 27.0 Å². The summed E-state index contributed by atoms with van der Waals surface area (Å²) in [6.07, 6.45) is 0.180. The molecule has 0 spiro atoms. The third-order valence-electron chi connectivity index (χ3n) is 3.41. The van der Waals surface area contributed by atoms with Gasteiger partial charge in [-0.15, -0.1) is 0 Å². The Bertz CT molecular complexity index is 719. The molecule has 0 atom stereocenters. The van der Waals surface area contributed by atoms with E-state index in [1.165, 1.54) is 0 Å². The Kier molecular flexibility index (Phi) is 3.38. The minimum absolute atomic E-state index is 0.115. The minimum Gasteiger partial charge on any atom is -0.275 e. The molecule has 0 aromatic carbocycles. The number of pyridine rings is 1. The molecule has 1 aliphatic carbocycles. The van der Waals surface area contributed by atoms with Gasteiger partial charge in [0.2, 0.25) is 0 Å². The van der Waals surface area contributed by atoms with Crippen LogP contribution in [0.3, 0.4) is 0 Å². The second-order valence-corrected chi connectivity index (χ2v) is 5.26. The van der Waals surface area contributed by atoms with Crippen LogP contribution in [0.25, 0.3) is 11.3 Å². The number of carbonyl (C=O) groups excluding carboxylic acids is 1. The first-order valence-corrected chi connectivity index (χ1v) is 6.73. The molecule has 2 aromatic rings. The Morgan fingerprint density at radius 3 is 2.64 bits per heavy atom. The summed E-state index contributed by atoms with van der Waals surface area (Å²) in [4.78, 5) is 16.0. The molecule has 1 amide bonds. The number of aryl methyl sites for hydroxylation is 1. The van der Waals surface area contributed by atoms with Crippen LogP contribution in [0.4, 0.5) is 13.2 Å². The zero-order chi connectivity index (χ0) is 15.9. The lowest BCUT2D eigenvalue weighted by Crippen LogP contribution is -2.38. The SMILES string of the molecule is Cn1cc(-c2ccc(C3CC3)c(C(=O)NC(F)(F)F)n2)cn1. The number of hydrogen-bond acceptors (Lipinski definition) is 3. The molecule has 0 bridgehead atoms. The summed E-state index contributed by atoms with van der Waals surface area (Å²) in [7, 11) is 1.72. The van der Waals surface area contributed by atoms with E-state index in [2.05, 4.69) is 10.1 Å². The van der Waals surface area contributed by atoms with E-state index in [1.54, 1.807) is 36.3 Å². The Hall–Kier alpha value is -2.38. The van der Waals surface area contributed by atoms with E-state index >= 15 is 0 Å². The molecule has 1 fully saturated rings. The van der Waals surface area contributed by atoms with Crippen molar-refractivity contribution in [2.24, 2.45) is 7.05 Å². The Morgan fingerprint density at radius 1 is 1.36 bits per heavy atom. The highest BCUT2D eigenvalue weighted by Gasteiger charge is 2.35. The first kappa shape index (κ1) is 14.6. The average Bonchev–Trinajstić information content (AvgIpc) is 3.18. The van der Waals surface area contributed by atoms with Crippen LogP contribution in [0, 0.1) is 0 Å². The van der Waals surface area contributed by atoms with Crippen molar-refractivity contribution in [1.82, 2.24) is 20.1 Å². The number of hydrogen-bond donors (Lipinski definition) is 1. The third kappa shape index (κ3) is 3.10. The lowest BCUT2D eigenvalue weighted by molar-refractivity contribution is -0.146. The van der Waals surface area contributed by atoms with Gasteiger partial charge in [-0.25, -0.2) is 4.98 Å². The lowest BCUT2D eigenvalue weighted by Gasteiger charge is -2.12. The van der Waals surface area contributed by atoms with Crippen LogP contribution in [0.2, 0.25) is 0 Å². The molecule has 8 heteroatoms. The fourth-order valence-electron chi connectivity index (χ4n) is 2.28. The molecule has 0 aliphatic heterocycles. The molecular weight excluding hydrogens is 297 g/mol. The lowest BCUT2D eigenvalue weighted by atomic mass is 10.1. The zero-order valence-corrected chi connectivity index (χ0v) is 11.7. The van der Waals surface area contributed by atoms with Crippen molar-refractivity contribution in [2.45, 2.75) is 25.1 Å². The van der Waals surface area contributed by atoms with Gasteiger partial charge in [-0.1, -0.05) is 6.07 Å². The quantitative estimate of drug-likeness (QED) is 0.887. The predicted octanol–water partition coefficient (Wildman–Crippen LogP) is 2.61. The van der Waals surface area contributed by atoms with E-state index in [4.69, 9.17) is 0 Å². The van der Waals surface area contributed by atoms with Gasteiger partial charge in [-0.2, -0.15) is 18.3 Å². The number of aromatic nitrogens is 3. The van der Waals surface area contributed by atoms with Gasteiger partial charge in [0.15, 0.2) is 0 Å². The number of nitrogens with zero attached hydrogens (tertiary/aromatic N) is 3. The maximum atomic E-state index is 12.4. The van der Waals surface area contributed by atoms with Crippen LogP contribution < -0.4 is 5.32 Å². The highest BCUT2D eigenvalue weighted by molar-refractivity contribution is 5.94. The number of rotatable bonds is 3. The predicted molar refractivity (Wildman–Crippen MR) is 71.9 cm³/mol. The van der Waals surface area contributed by atoms with Crippen molar-refractivity contribution >= 4 is 5.91 Å². The van der Waals surface area contributed by atoms with Crippen molar-refractivity contribution in [3.8, 4) is 11.3 Å². The van der Waals surface area contributed by atoms with Gasteiger partial charge in [0.05, 0.1) is 11.9 Å². The van der Waals surface area contributed by atoms with E-state index in [9.17, 15) is 18.0 Å². The number of carbonyl (C=O) groups is 1. The van der Waals surface area contributed by atoms with Crippen LogP contribution in [0.1, 0.15) is 34.8 Å². The first-order chi connectivity index (χ1) is 10.3. The summed E-state index contributed by atoms with van der Waals surface area (Å²) in [6, 6.07) is 3.38. The van der Waals surface area contributed by atoms with Gasteiger partial charge in [0, 0.05) is 18.8 Å². The molecule has 1 N–H and O–H groups in total. The highest BCUT2D eigenvalue weighted by Crippen LogP contribution is 2.41. The molecule has 1 aliphatic rings. The van der Waals surface area contributed by atoms with Crippen molar-refractivity contribution in [1.29, 1.82) is 0 Å². The summed E-state index contributed by atoms with van der Waals surface area (Å²) >= 11 is 0. The van der Waals surface area contributed by atoms with E-state index in [-0.39, 0.29) is 11.6 Å². The van der Waals surface area contributed by atoms with Crippen LogP contribution in [0.15, 0.2) is 24.5 Å². The van der Waals surface area contributed by atoms with Gasteiger partial charge in [0.1, 0.15) is 5.69 Å². The number of amides is 1. The first-order valence-electron chi connectivity index (χ1n) is 6.73. The number of nitrogens with one attached hydrogen (secondary N) is 1. The fourth-order valence-corrected chi connectivity index (χ4v) is 2.28. The second kappa shape index (κ2) is 5.11. The molecule has 1 saturated carbocycles. The summed E-state index contributed by atoms with van der Waals surface area (Å²) < 4.78 is 38.7. The maximum absolute atomic E-state index is 12.4. The summed E-state index contributed by atoms with van der Waals surface area (Å²) in [5.41, 5.74) is 1.46. The number of alkyl halides is 3. The molecule has 5 nitrogen and oxygen atoms in total. The topological polar surface area (TPSA) is 59.8 Å². The average molecular weight is 310 g/mol. The summed E-state index contributed by atoms with van der Waals surface area (Å²) in [5.74, 6) is -1.11. The Labute approximate surface area is 124 Å². The smallest absolute Gasteiger partial charge is 0.275 e. The second-order valence-electron chi connectivity index (χ2n) is 5.26. The third-order valence-corrected chi connectivity index (χ3v) is 3.41. The van der Waals surface area contributed by atoms with Gasteiger partial charge in [-0.3, -0.25) is 14.8 Å². The van der Waals surface area contributed by atoms with Crippen LogP contribution >= 0.6 is 0 Å². The monoisotopic (exact) mass is 310 g/mol. The van der Waals surface area contributed by atoms with Gasteiger partial charge >= 0.3 is 6.30 Å². The van der Waals surface area contributed by atoms with Gasteiger partial charge < -0.3 is 0 Å². The van der Waals surface area contributed by atoms with Gasteiger partial charge in [-0.05, 0) is 30.4 Å². The van der Waals surface area contributed by atoms with E-state index in [1.807, 2.05) is 0 Å². The molecular formula is C14H13F3N4O. The molecule has 0 saturated heterocycles. The number of halogens is 3. The summed E-state index contributed by atoms with van der Waals surface area (Å²) in [5, 5.41) is 5.01. The van der Waals surface area contributed by atoms with Crippen molar-refractivity contribution in [3.63, 3.8) is 0 Å². The Balaban J connectivity index is 1.99. The standard InChI is InChI=1S/C14H13F3N4O/c1-21-7-9(6-18-21)11-5-4-10(8-2-3-8)12(19-11)13(22)20-14(15,16)17/h4-8H,2-3H2,1H3,(H,20,22). The van der Waals surface area contributed by atoms with E-state index in [0.717, 1.165) is 18.2 Å². The van der Waals surface area contributed by atoms with Gasteiger partial charge in [0.25, 0.3) is 5.91 Å². The molecule has 116 valence electrons. The van der Waals surface area contributed by atoms with Crippen molar-refractivity contribution in [2.75, 3.05) is 0 Å².